The van der Waals surface area contributed by atoms with Gasteiger partial charge in [0.25, 0.3) is 0 Å². The summed E-state index contributed by atoms with van der Waals surface area (Å²) in [6.45, 7) is 5.54. The van der Waals surface area contributed by atoms with Gasteiger partial charge in [-0.1, -0.05) is 13.8 Å². The van der Waals surface area contributed by atoms with Crippen LogP contribution in [0.5, 0.6) is 0 Å². The van der Waals surface area contributed by atoms with E-state index in [-0.39, 0.29) is 0 Å². The second-order valence-corrected chi connectivity index (χ2v) is 3.71. The summed E-state index contributed by atoms with van der Waals surface area (Å²) in [5.74, 6) is 0.956. The highest BCUT2D eigenvalue weighted by Gasteiger charge is 2.39. The molecule has 1 nitrogen and oxygen atoms in total. The maximum atomic E-state index is 5.20. The third kappa shape index (κ3) is 1.51. The monoisotopic (exact) mass is 142 g/mol. The molecule has 60 valence electrons. The summed E-state index contributed by atoms with van der Waals surface area (Å²) in [5.41, 5.74) is 0.481. The summed E-state index contributed by atoms with van der Waals surface area (Å²) in [6, 6.07) is 0. The van der Waals surface area contributed by atoms with Crippen LogP contribution in [0.25, 0.3) is 0 Å². The molecule has 1 atom stereocenters. The molecule has 1 fully saturated rings. The van der Waals surface area contributed by atoms with Crippen LogP contribution in [0.4, 0.5) is 0 Å². The Hall–Kier alpha value is -0.0400. The first-order valence-corrected chi connectivity index (χ1v) is 4.22. The first kappa shape index (κ1) is 8.06. The molecule has 0 heterocycles. The largest absolute Gasteiger partial charge is 0.384 e. The number of rotatable bonds is 4. The predicted octanol–water partition coefficient (Wildman–Crippen LogP) is 2.46. The maximum absolute atomic E-state index is 5.20. The van der Waals surface area contributed by atoms with Gasteiger partial charge in [0.05, 0.1) is 6.61 Å². The van der Waals surface area contributed by atoms with Gasteiger partial charge in [-0.25, -0.2) is 0 Å². The van der Waals surface area contributed by atoms with Gasteiger partial charge in [0, 0.05) is 7.11 Å². The fraction of sp³-hybridized carbons (Fsp3) is 1.00. The molecule has 0 aromatic heterocycles. The van der Waals surface area contributed by atoms with Crippen molar-refractivity contribution in [3.8, 4) is 0 Å². The molecule has 0 N–H and O–H groups in total. The van der Waals surface area contributed by atoms with Crippen molar-refractivity contribution in [3.05, 3.63) is 0 Å². The first-order valence-electron chi connectivity index (χ1n) is 4.22. The zero-order valence-corrected chi connectivity index (χ0v) is 7.31. The molecule has 0 bridgehead atoms. The van der Waals surface area contributed by atoms with Crippen molar-refractivity contribution in [1.82, 2.24) is 0 Å². The van der Waals surface area contributed by atoms with Crippen molar-refractivity contribution in [1.29, 1.82) is 0 Å². The molecule has 0 aromatic rings. The average Bonchev–Trinajstić information content (AvgIpc) is 2.69. The summed E-state index contributed by atoms with van der Waals surface area (Å²) in [4.78, 5) is 0. The van der Waals surface area contributed by atoms with Gasteiger partial charge in [0.1, 0.15) is 0 Å². The summed E-state index contributed by atoms with van der Waals surface area (Å²) in [5, 5.41) is 0. The standard InChI is InChI=1S/C9H18O/c1-4-9(2,7-10-3)8-5-6-8/h8H,4-7H2,1-3H3. The molecule has 0 spiro atoms. The highest BCUT2D eigenvalue weighted by atomic mass is 16.5. The third-order valence-corrected chi connectivity index (χ3v) is 2.84. The van der Waals surface area contributed by atoms with E-state index in [4.69, 9.17) is 4.74 Å². The molecule has 0 aliphatic heterocycles. The summed E-state index contributed by atoms with van der Waals surface area (Å²) in [7, 11) is 1.80. The highest BCUT2D eigenvalue weighted by Crippen LogP contribution is 2.47. The van der Waals surface area contributed by atoms with Crippen LogP contribution in [0.15, 0.2) is 0 Å². The SMILES string of the molecule is CCC(C)(COC)C1CC1. The van der Waals surface area contributed by atoms with Crippen LogP contribution in [0, 0.1) is 11.3 Å². The fourth-order valence-corrected chi connectivity index (χ4v) is 1.62. The lowest BCUT2D eigenvalue weighted by atomic mass is 9.83. The molecular weight excluding hydrogens is 124 g/mol. The highest BCUT2D eigenvalue weighted by molar-refractivity contribution is 4.89. The van der Waals surface area contributed by atoms with Crippen LogP contribution in [0.1, 0.15) is 33.1 Å². The van der Waals surface area contributed by atoms with Gasteiger partial charge in [0.15, 0.2) is 0 Å². The van der Waals surface area contributed by atoms with Crippen LogP contribution in [-0.2, 0) is 4.74 Å². The number of hydrogen-bond donors (Lipinski definition) is 0. The van der Waals surface area contributed by atoms with E-state index in [0.717, 1.165) is 12.5 Å². The minimum Gasteiger partial charge on any atom is -0.384 e. The molecule has 0 radical (unpaired) electrons. The van der Waals surface area contributed by atoms with Crippen LogP contribution >= 0.6 is 0 Å². The minimum absolute atomic E-state index is 0.481. The lowest BCUT2D eigenvalue weighted by Gasteiger charge is -2.26. The van der Waals surface area contributed by atoms with Crippen molar-refractivity contribution >= 4 is 0 Å². The third-order valence-electron chi connectivity index (χ3n) is 2.84. The molecule has 10 heavy (non-hydrogen) atoms. The van der Waals surface area contributed by atoms with E-state index in [1.165, 1.54) is 19.3 Å². The Labute approximate surface area is 63.8 Å². The Morgan fingerprint density at radius 1 is 1.50 bits per heavy atom. The summed E-state index contributed by atoms with van der Waals surface area (Å²) in [6.07, 6.45) is 4.10. The molecule has 0 amide bonds. The van der Waals surface area contributed by atoms with Crippen LogP contribution in [-0.4, -0.2) is 13.7 Å². The van der Waals surface area contributed by atoms with Gasteiger partial charge >= 0.3 is 0 Å². The quantitative estimate of drug-likeness (QED) is 0.586. The van der Waals surface area contributed by atoms with E-state index in [2.05, 4.69) is 13.8 Å². The van der Waals surface area contributed by atoms with Crippen molar-refractivity contribution in [2.75, 3.05) is 13.7 Å². The van der Waals surface area contributed by atoms with Gasteiger partial charge in [-0.15, -0.1) is 0 Å². The zero-order chi connectivity index (χ0) is 7.61. The second-order valence-electron chi connectivity index (χ2n) is 3.71. The normalized spacial score (nSPS) is 24.3. The number of methoxy groups -OCH3 is 1. The molecule has 0 aromatic carbocycles. The van der Waals surface area contributed by atoms with E-state index in [9.17, 15) is 0 Å². The van der Waals surface area contributed by atoms with Gasteiger partial charge in [-0.3, -0.25) is 0 Å². The van der Waals surface area contributed by atoms with E-state index in [1.54, 1.807) is 7.11 Å². The Morgan fingerprint density at radius 2 is 2.10 bits per heavy atom. The fourth-order valence-electron chi connectivity index (χ4n) is 1.62. The Morgan fingerprint density at radius 3 is 2.40 bits per heavy atom. The van der Waals surface area contributed by atoms with E-state index >= 15 is 0 Å². The molecular formula is C9H18O. The van der Waals surface area contributed by atoms with Gasteiger partial charge in [0.2, 0.25) is 0 Å². The molecule has 1 saturated carbocycles. The van der Waals surface area contributed by atoms with E-state index in [1.807, 2.05) is 0 Å². The number of hydrogen-bond acceptors (Lipinski definition) is 1. The maximum Gasteiger partial charge on any atom is 0.0518 e. The Balaban J connectivity index is 2.39. The van der Waals surface area contributed by atoms with E-state index < -0.39 is 0 Å². The second kappa shape index (κ2) is 2.91. The molecule has 1 rings (SSSR count). The molecule has 1 aliphatic carbocycles. The Kier molecular flexibility index (Phi) is 2.35. The smallest absolute Gasteiger partial charge is 0.0518 e. The van der Waals surface area contributed by atoms with Crippen molar-refractivity contribution in [2.24, 2.45) is 11.3 Å². The van der Waals surface area contributed by atoms with Crippen molar-refractivity contribution in [2.45, 2.75) is 33.1 Å². The van der Waals surface area contributed by atoms with Crippen molar-refractivity contribution < 1.29 is 4.74 Å². The molecule has 1 heteroatoms. The molecule has 0 saturated heterocycles. The Bertz CT molecular complexity index is 107. The molecule has 1 unspecified atom stereocenters. The topological polar surface area (TPSA) is 9.23 Å². The average molecular weight is 142 g/mol. The zero-order valence-electron chi connectivity index (χ0n) is 7.31. The van der Waals surface area contributed by atoms with Gasteiger partial charge < -0.3 is 4.74 Å². The number of ether oxygens (including phenoxy) is 1. The lowest BCUT2D eigenvalue weighted by Crippen LogP contribution is -2.23. The predicted molar refractivity (Wildman–Crippen MR) is 43.0 cm³/mol. The van der Waals surface area contributed by atoms with Crippen LogP contribution < -0.4 is 0 Å². The van der Waals surface area contributed by atoms with Gasteiger partial charge in [-0.2, -0.15) is 0 Å². The van der Waals surface area contributed by atoms with Crippen LogP contribution in [0.2, 0.25) is 0 Å². The van der Waals surface area contributed by atoms with Gasteiger partial charge in [-0.05, 0) is 30.6 Å². The molecule has 1 aliphatic rings. The summed E-state index contributed by atoms with van der Waals surface area (Å²) >= 11 is 0. The lowest BCUT2D eigenvalue weighted by molar-refractivity contribution is 0.0725. The first-order chi connectivity index (χ1) is 4.73. The van der Waals surface area contributed by atoms with Crippen LogP contribution in [0.3, 0.4) is 0 Å². The minimum atomic E-state index is 0.481. The van der Waals surface area contributed by atoms with Crippen molar-refractivity contribution in [3.63, 3.8) is 0 Å². The van der Waals surface area contributed by atoms with E-state index in [0.29, 0.717) is 5.41 Å². The summed E-state index contributed by atoms with van der Waals surface area (Å²) < 4.78 is 5.20.